The van der Waals surface area contributed by atoms with Crippen molar-refractivity contribution in [3.8, 4) is 0 Å². The fourth-order valence-electron chi connectivity index (χ4n) is 13.8. The molecule has 1 amide bonds. The minimum Gasteiger partial charge on any atom is -0.394 e. The molecule has 0 aromatic rings. The second-order valence-electron chi connectivity index (χ2n) is 29.3. The van der Waals surface area contributed by atoms with Crippen LogP contribution in [0.25, 0.3) is 0 Å². The van der Waals surface area contributed by atoms with Crippen molar-refractivity contribution in [1.29, 1.82) is 0 Å². The molecule has 0 saturated carbocycles. The number of rotatable bonds is 75. The molecule has 0 aromatic carbocycles. The molecule has 0 aliphatic carbocycles. The Hall–Kier alpha value is -1.33. The van der Waals surface area contributed by atoms with Gasteiger partial charge in [-0.1, -0.05) is 430 Å². The number of aliphatic hydroxyl groups excluding tert-OH is 5. The van der Waals surface area contributed by atoms with E-state index in [0.29, 0.717) is 6.42 Å². The second kappa shape index (κ2) is 72.4. The van der Waals surface area contributed by atoms with Gasteiger partial charge in [0.25, 0.3) is 0 Å². The molecule has 1 aliphatic heterocycles. The maximum Gasteiger partial charge on any atom is 0.220 e. The molecule has 7 atom stereocenters. The third-order valence-electron chi connectivity index (χ3n) is 20.3. The van der Waals surface area contributed by atoms with Crippen LogP contribution in [0.1, 0.15) is 444 Å². The van der Waals surface area contributed by atoms with Crippen LogP contribution in [0, 0.1) is 0 Å². The van der Waals surface area contributed by atoms with Crippen LogP contribution in [0.5, 0.6) is 0 Å². The molecule has 0 aromatic heterocycles. The molecule has 0 radical (unpaired) electrons. The van der Waals surface area contributed by atoms with E-state index in [9.17, 15) is 30.3 Å². The Morgan fingerprint density at radius 1 is 0.359 bits per heavy atom. The van der Waals surface area contributed by atoms with Crippen molar-refractivity contribution in [2.45, 2.75) is 487 Å². The van der Waals surface area contributed by atoms with E-state index in [2.05, 4.69) is 31.3 Å². The first-order valence-corrected chi connectivity index (χ1v) is 41.6. The van der Waals surface area contributed by atoms with E-state index in [-0.39, 0.29) is 12.5 Å². The van der Waals surface area contributed by atoms with Crippen molar-refractivity contribution in [3.05, 3.63) is 24.3 Å². The zero-order chi connectivity index (χ0) is 66.4. The number of carbonyl (C=O) groups is 1. The van der Waals surface area contributed by atoms with Crippen LogP contribution in [0.2, 0.25) is 0 Å². The molecule has 546 valence electrons. The molecule has 1 rings (SSSR count). The highest BCUT2D eigenvalue weighted by Crippen LogP contribution is 2.24. The summed E-state index contributed by atoms with van der Waals surface area (Å²) in [5, 5.41) is 54.9. The van der Waals surface area contributed by atoms with E-state index in [1.54, 1.807) is 6.08 Å². The highest BCUT2D eigenvalue weighted by Gasteiger charge is 2.44. The first-order valence-electron chi connectivity index (χ1n) is 41.6. The minimum atomic E-state index is -1.57. The summed E-state index contributed by atoms with van der Waals surface area (Å²) in [4.78, 5) is 13.2. The van der Waals surface area contributed by atoms with E-state index < -0.39 is 49.5 Å². The fraction of sp³-hybridized carbons (Fsp3) is 0.940. The van der Waals surface area contributed by atoms with Crippen LogP contribution in [0.15, 0.2) is 24.3 Å². The number of aliphatic hydroxyl groups is 5. The normalized spacial score (nSPS) is 17.7. The average molecular weight is 1300 g/mol. The van der Waals surface area contributed by atoms with Gasteiger partial charge >= 0.3 is 0 Å². The lowest BCUT2D eigenvalue weighted by Crippen LogP contribution is -2.60. The lowest BCUT2D eigenvalue weighted by atomic mass is 9.99. The van der Waals surface area contributed by atoms with Gasteiger partial charge in [0.1, 0.15) is 24.4 Å². The molecule has 1 saturated heterocycles. The summed E-state index contributed by atoms with van der Waals surface area (Å²) in [7, 11) is 0. The van der Waals surface area contributed by atoms with Gasteiger partial charge in [-0.2, -0.15) is 0 Å². The van der Waals surface area contributed by atoms with Gasteiger partial charge in [-0.05, 0) is 32.1 Å². The van der Waals surface area contributed by atoms with Crippen molar-refractivity contribution in [2.24, 2.45) is 0 Å². The van der Waals surface area contributed by atoms with Crippen LogP contribution in [-0.4, -0.2) is 87.5 Å². The van der Waals surface area contributed by atoms with Crippen molar-refractivity contribution < 1.29 is 39.8 Å². The smallest absolute Gasteiger partial charge is 0.220 e. The van der Waals surface area contributed by atoms with Gasteiger partial charge in [-0.25, -0.2) is 0 Å². The first-order chi connectivity index (χ1) is 45.3. The number of amides is 1. The van der Waals surface area contributed by atoms with E-state index in [1.165, 1.54) is 385 Å². The number of nitrogens with one attached hydrogen (secondary N) is 1. The highest BCUT2D eigenvalue weighted by molar-refractivity contribution is 5.76. The molecular weight excluding hydrogens is 1140 g/mol. The maximum atomic E-state index is 13.2. The molecule has 0 bridgehead atoms. The van der Waals surface area contributed by atoms with Crippen LogP contribution >= 0.6 is 0 Å². The number of hydrogen-bond acceptors (Lipinski definition) is 8. The third-order valence-corrected chi connectivity index (χ3v) is 20.3. The largest absolute Gasteiger partial charge is 0.394 e. The molecule has 6 N–H and O–H groups in total. The molecule has 1 aliphatic rings. The minimum absolute atomic E-state index is 0.176. The predicted molar refractivity (Wildman–Crippen MR) is 397 cm³/mol. The number of ether oxygens (including phenoxy) is 2. The molecule has 9 heteroatoms. The summed E-state index contributed by atoms with van der Waals surface area (Å²) in [6.07, 6.45) is 90.7. The average Bonchev–Trinajstić information content (AvgIpc) is 0.979. The third kappa shape index (κ3) is 59.9. The van der Waals surface area contributed by atoms with Crippen LogP contribution in [0.3, 0.4) is 0 Å². The molecule has 1 fully saturated rings. The number of carbonyl (C=O) groups excluding carboxylic acids is 1. The Morgan fingerprint density at radius 2 is 0.620 bits per heavy atom. The van der Waals surface area contributed by atoms with Crippen molar-refractivity contribution in [2.75, 3.05) is 13.2 Å². The summed E-state index contributed by atoms with van der Waals surface area (Å²) in [5.41, 5.74) is 0. The zero-order valence-electron chi connectivity index (χ0n) is 61.6. The monoisotopic (exact) mass is 1300 g/mol. The van der Waals surface area contributed by atoms with Gasteiger partial charge in [-0.15, -0.1) is 0 Å². The van der Waals surface area contributed by atoms with E-state index in [4.69, 9.17) is 9.47 Å². The predicted octanol–water partition coefficient (Wildman–Crippen LogP) is 23.9. The molecule has 92 heavy (non-hydrogen) atoms. The summed E-state index contributed by atoms with van der Waals surface area (Å²) in [6.45, 7) is 3.84. The molecule has 7 unspecified atom stereocenters. The summed E-state index contributed by atoms with van der Waals surface area (Å²) < 4.78 is 11.3. The quantitative estimate of drug-likeness (QED) is 0.0261. The van der Waals surface area contributed by atoms with Crippen molar-refractivity contribution in [1.82, 2.24) is 5.32 Å². The van der Waals surface area contributed by atoms with Gasteiger partial charge < -0.3 is 40.3 Å². The van der Waals surface area contributed by atoms with Crippen LogP contribution in [0.4, 0.5) is 0 Å². The van der Waals surface area contributed by atoms with Crippen molar-refractivity contribution >= 4 is 5.91 Å². The number of allylic oxidation sites excluding steroid dienone is 3. The van der Waals surface area contributed by atoms with E-state index in [1.807, 2.05) is 6.08 Å². The summed E-state index contributed by atoms with van der Waals surface area (Å²) in [5.74, 6) is -0.176. The topological polar surface area (TPSA) is 149 Å². The Balaban J connectivity index is 2.06. The lowest BCUT2D eigenvalue weighted by molar-refractivity contribution is -0.302. The maximum absolute atomic E-state index is 13.2. The Labute approximate surface area is 572 Å². The standard InChI is InChI=1S/C83H161NO8/c1-3-5-7-9-11-13-15-17-19-21-23-25-27-29-31-33-35-37-38-39-41-43-45-47-49-51-53-55-57-59-61-63-65-67-69-71-73-79(87)84-76(75-91-83-82(90)81(89)80(88)78(74-85)92-83)77(86)72-70-68-66-64-62-60-58-56-54-52-50-48-46-44-42-40-36-34-32-30-28-26-24-22-20-18-16-14-12-10-8-6-4-2/h62,64,70,72,76-78,80-83,85-86,88-90H,3-61,63,65-69,71,73-75H2,1-2H3,(H,84,87)/b64-62+,72-70+. The molecule has 0 spiro atoms. The van der Waals surface area contributed by atoms with Gasteiger partial charge in [0.2, 0.25) is 5.91 Å². The Bertz CT molecular complexity index is 1510. The SMILES string of the molecule is CCCCCCCCCCCCCCCCCCCCCCCCCCCCC/C=C/CC/C=C/C(O)C(COC1OC(CO)C(O)C(O)C1O)NC(=O)CCCCCCCCCCCCCCCCCCCCCCCCCCCCCCCCCCCCCC. The van der Waals surface area contributed by atoms with Gasteiger partial charge in [0, 0.05) is 6.42 Å². The zero-order valence-corrected chi connectivity index (χ0v) is 61.6. The van der Waals surface area contributed by atoms with Crippen LogP contribution < -0.4 is 5.32 Å². The molecule has 1 heterocycles. The van der Waals surface area contributed by atoms with E-state index in [0.717, 1.165) is 38.5 Å². The van der Waals surface area contributed by atoms with Gasteiger partial charge in [-0.3, -0.25) is 4.79 Å². The molecule has 9 nitrogen and oxygen atoms in total. The Morgan fingerprint density at radius 3 is 0.913 bits per heavy atom. The number of hydrogen-bond donors (Lipinski definition) is 6. The summed E-state index contributed by atoms with van der Waals surface area (Å²) >= 11 is 0. The lowest BCUT2D eigenvalue weighted by Gasteiger charge is -2.40. The van der Waals surface area contributed by atoms with Crippen molar-refractivity contribution in [3.63, 3.8) is 0 Å². The first kappa shape index (κ1) is 88.7. The highest BCUT2D eigenvalue weighted by atomic mass is 16.7. The Kier molecular flexibility index (Phi) is 69.8. The second-order valence-corrected chi connectivity index (χ2v) is 29.3. The van der Waals surface area contributed by atoms with Gasteiger partial charge in [0.05, 0.1) is 25.4 Å². The molecular formula is C83H161NO8. The fourth-order valence-corrected chi connectivity index (χ4v) is 13.8. The van der Waals surface area contributed by atoms with E-state index >= 15 is 0 Å². The summed E-state index contributed by atoms with van der Waals surface area (Å²) in [6, 6.07) is -0.821. The number of unbranched alkanes of at least 4 members (excludes halogenated alkanes) is 63. The van der Waals surface area contributed by atoms with Gasteiger partial charge in [0.15, 0.2) is 6.29 Å². The van der Waals surface area contributed by atoms with Crippen LogP contribution in [-0.2, 0) is 14.3 Å².